The van der Waals surface area contributed by atoms with Crippen LogP contribution in [0.3, 0.4) is 0 Å². The molecule has 1 aliphatic rings. The molecule has 6 nitrogen and oxygen atoms in total. The zero-order chi connectivity index (χ0) is 15.4. The van der Waals surface area contributed by atoms with Gasteiger partial charge in [-0.1, -0.05) is 12.1 Å². The number of ether oxygens (including phenoxy) is 2. The Morgan fingerprint density at radius 2 is 2.27 bits per heavy atom. The van der Waals surface area contributed by atoms with Crippen LogP contribution in [0.2, 0.25) is 0 Å². The van der Waals surface area contributed by atoms with Crippen LogP contribution in [-0.4, -0.2) is 54.1 Å². The SMILES string of the molecule is COc1ccccc1-n1cc(CN2CCO[C@H](CN)C2)cn1. The van der Waals surface area contributed by atoms with Crippen LogP contribution in [0.1, 0.15) is 5.56 Å². The van der Waals surface area contributed by atoms with Crippen LogP contribution in [0.5, 0.6) is 5.75 Å². The van der Waals surface area contributed by atoms with E-state index >= 15 is 0 Å². The van der Waals surface area contributed by atoms with E-state index < -0.39 is 0 Å². The predicted octanol–water partition coefficient (Wildman–Crippen LogP) is 1.04. The van der Waals surface area contributed by atoms with Gasteiger partial charge in [-0.15, -0.1) is 0 Å². The molecule has 6 heteroatoms. The zero-order valence-corrected chi connectivity index (χ0v) is 12.8. The lowest BCUT2D eigenvalue weighted by atomic mass is 10.2. The quantitative estimate of drug-likeness (QED) is 0.894. The molecule has 2 heterocycles. The molecule has 2 aromatic rings. The van der Waals surface area contributed by atoms with Gasteiger partial charge in [-0.05, 0) is 12.1 Å². The lowest BCUT2D eigenvalue weighted by Crippen LogP contribution is -2.45. The summed E-state index contributed by atoms with van der Waals surface area (Å²) < 4.78 is 12.8. The highest BCUT2D eigenvalue weighted by Crippen LogP contribution is 2.22. The summed E-state index contributed by atoms with van der Waals surface area (Å²) in [5, 5.41) is 4.45. The fourth-order valence-corrected chi connectivity index (χ4v) is 2.72. The Morgan fingerprint density at radius 3 is 3.09 bits per heavy atom. The Kier molecular flexibility index (Phi) is 4.72. The van der Waals surface area contributed by atoms with E-state index in [0.717, 1.165) is 37.7 Å². The molecule has 1 aliphatic heterocycles. The molecule has 3 rings (SSSR count). The smallest absolute Gasteiger partial charge is 0.144 e. The van der Waals surface area contributed by atoms with Gasteiger partial charge >= 0.3 is 0 Å². The van der Waals surface area contributed by atoms with Gasteiger partial charge in [0.25, 0.3) is 0 Å². The van der Waals surface area contributed by atoms with E-state index in [-0.39, 0.29) is 6.10 Å². The molecule has 0 saturated carbocycles. The third kappa shape index (κ3) is 3.30. The molecule has 0 radical (unpaired) electrons. The standard InChI is InChI=1S/C16H22N4O2/c1-21-16-5-3-2-4-15(16)20-11-13(9-18-20)10-19-6-7-22-14(8-17)12-19/h2-5,9,11,14H,6-8,10,12,17H2,1H3/t14-/m1/s1. The zero-order valence-electron chi connectivity index (χ0n) is 12.8. The van der Waals surface area contributed by atoms with E-state index in [0.29, 0.717) is 6.54 Å². The molecule has 2 N–H and O–H groups in total. The van der Waals surface area contributed by atoms with Crippen molar-refractivity contribution in [3.8, 4) is 11.4 Å². The third-order valence-corrected chi connectivity index (χ3v) is 3.86. The van der Waals surface area contributed by atoms with Gasteiger partial charge in [-0.3, -0.25) is 4.90 Å². The summed E-state index contributed by atoms with van der Waals surface area (Å²) in [6.45, 7) is 3.96. The minimum atomic E-state index is 0.137. The van der Waals surface area contributed by atoms with Crippen molar-refractivity contribution in [3.05, 3.63) is 42.2 Å². The van der Waals surface area contributed by atoms with Crippen LogP contribution in [-0.2, 0) is 11.3 Å². The number of hydrogen-bond donors (Lipinski definition) is 1. The van der Waals surface area contributed by atoms with Gasteiger partial charge in [0.1, 0.15) is 11.4 Å². The minimum Gasteiger partial charge on any atom is -0.494 e. The highest BCUT2D eigenvalue weighted by atomic mass is 16.5. The first-order valence-electron chi connectivity index (χ1n) is 7.51. The normalized spacial score (nSPS) is 19.3. The largest absolute Gasteiger partial charge is 0.494 e. The van der Waals surface area contributed by atoms with Crippen LogP contribution >= 0.6 is 0 Å². The molecule has 1 atom stereocenters. The molecule has 22 heavy (non-hydrogen) atoms. The fourth-order valence-electron chi connectivity index (χ4n) is 2.72. The second-order valence-electron chi connectivity index (χ2n) is 5.43. The predicted molar refractivity (Wildman–Crippen MR) is 84.2 cm³/mol. The molecular formula is C16H22N4O2. The number of para-hydroxylation sites is 2. The molecule has 0 unspecified atom stereocenters. The maximum atomic E-state index is 5.69. The van der Waals surface area contributed by atoms with Gasteiger partial charge in [0.2, 0.25) is 0 Å². The van der Waals surface area contributed by atoms with E-state index in [1.54, 1.807) is 7.11 Å². The number of methoxy groups -OCH3 is 1. The highest BCUT2D eigenvalue weighted by molar-refractivity contribution is 5.46. The van der Waals surface area contributed by atoms with Crippen LogP contribution < -0.4 is 10.5 Å². The average Bonchev–Trinajstić information content (AvgIpc) is 3.03. The van der Waals surface area contributed by atoms with Crippen molar-refractivity contribution < 1.29 is 9.47 Å². The Balaban J connectivity index is 1.71. The lowest BCUT2D eigenvalue weighted by Gasteiger charge is -2.31. The van der Waals surface area contributed by atoms with Crippen molar-refractivity contribution in [2.45, 2.75) is 12.6 Å². The Labute approximate surface area is 130 Å². The van der Waals surface area contributed by atoms with Crippen molar-refractivity contribution in [1.82, 2.24) is 14.7 Å². The van der Waals surface area contributed by atoms with E-state index in [2.05, 4.69) is 10.00 Å². The van der Waals surface area contributed by atoms with Crippen LogP contribution in [0.25, 0.3) is 5.69 Å². The molecular weight excluding hydrogens is 280 g/mol. The maximum Gasteiger partial charge on any atom is 0.144 e. The molecule has 1 aromatic heterocycles. The maximum absolute atomic E-state index is 5.69. The molecule has 0 bridgehead atoms. The van der Waals surface area contributed by atoms with Crippen LogP contribution in [0.15, 0.2) is 36.7 Å². The van der Waals surface area contributed by atoms with E-state index in [1.165, 1.54) is 5.56 Å². The van der Waals surface area contributed by atoms with Gasteiger partial charge in [0.05, 0.1) is 26.0 Å². The summed E-state index contributed by atoms with van der Waals surface area (Å²) in [6.07, 6.45) is 4.09. The van der Waals surface area contributed by atoms with Gasteiger partial charge in [-0.2, -0.15) is 5.10 Å². The van der Waals surface area contributed by atoms with E-state index in [4.69, 9.17) is 15.2 Å². The number of hydrogen-bond acceptors (Lipinski definition) is 5. The highest BCUT2D eigenvalue weighted by Gasteiger charge is 2.19. The molecule has 0 amide bonds. The van der Waals surface area contributed by atoms with Crippen molar-refractivity contribution in [2.75, 3.05) is 33.4 Å². The topological polar surface area (TPSA) is 65.5 Å². The van der Waals surface area contributed by atoms with Crippen LogP contribution in [0, 0.1) is 0 Å². The first kappa shape index (κ1) is 15.0. The molecule has 0 aliphatic carbocycles. The van der Waals surface area contributed by atoms with E-state index in [1.807, 2.05) is 41.3 Å². The van der Waals surface area contributed by atoms with Crippen LogP contribution in [0.4, 0.5) is 0 Å². The van der Waals surface area contributed by atoms with Crippen molar-refractivity contribution >= 4 is 0 Å². The summed E-state index contributed by atoms with van der Waals surface area (Å²) in [7, 11) is 1.67. The third-order valence-electron chi connectivity index (χ3n) is 3.86. The number of morpholine rings is 1. The van der Waals surface area contributed by atoms with E-state index in [9.17, 15) is 0 Å². The number of nitrogens with two attached hydrogens (primary N) is 1. The van der Waals surface area contributed by atoms with Gasteiger partial charge in [0, 0.05) is 37.9 Å². The summed E-state index contributed by atoms with van der Waals surface area (Å²) in [5.41, 5.74) is 7.80. The second kappa shape index (κ2) is 6.91. The van der Waals surface area contributed by atoms with Crippen molar-refractivity contribution in [1.29, 1.82) is 0 Å². The molecule has 1 aromatic carbocycles. The Morgan fingerprint density at radius 1 is 1.41 bits per heavy atom. The lowest BCUT2D eigenvalue weighted by molar-refractivity contribution is -0.0260. The van der Waals surface area contributed by atoms with Crippen molar-refractivity contribution in [3.63, 3.8) is 0 Å². The number of aromatic nitrogens is 2. The first-order valence-corrected chi connectivity index (χ1v) is 7.51. The van der Waals surface area contributed by atoms with Crippen molar-refractivity contribution in [2.24, 2.45) is 5.73 Å². The molecule has 1 fully saturated rings. The second-order valence-corrected chi connectivity index (χ2v) is 5.43. The number of benzene rings is 1. The first-order chi connectivity index (χ1) is 10.8. The fraction of sp³-hybridized carbons (Fsp3) is 0.438. The van der Waals surface area contributed by atoms with Gasteiger partial charge in [0.15, 0.2) is 0 Å². The number of rotatable bonds is 5. The summed E-state index contributed by atoms with van der Waals surface area (Å²) >= 11 is 0. The Bertz CT molecular complexity index is 614. The molecule has 0 spiro atoms. The summed E-state index contributed by atoms with van der Waals surface area (Å²) in [4.78, 5) is 2.35. The van der Waals surface area contributed by atoms with Gasteiger partial charge in [-0.25, -0.2) is 4.68 Å². The molecule has 1 saturated heterocycles. The minimum absolute atomic E-state index is 0.137. The van der Waals surface area contributed by atoms with Gasteiger partial charge < -0.3 is 15.2 Å². The monoisotopic (exact) mass is 302 g/mol. The molecule has 118 valence electrons. The summed E-state index contributed by atoms with van der Waals surface area (Å²) in [5.74, 6) is 0.812. The number of nitrogens with zero attached hydrogens (tertiary/aromatic N) is 3. The summed E-state index contributed by atoms with van der Waals surface area (Å²) in [6, 6.07) is 7.86. The Hall–Kier alpha value is -1.89. The average molecular weight is 302 g/mol.